The summed E-state index contributed by atoms with van der Waals surface area (Å²) in [6.45, 7) is 5.23. The van der Waals surface area contributed by atoms with Crippen molar-refractivity contribution in [2.45, 2.75) is 64.3 Å². The number of hydrogen-bond donors (Lipinski definition) is 0. The van der Waals surface area contributed by atoms with Crippen molar-refractivity contribution in [1.29, 1.82) is 0 Å². The van der Waals surface area contributed by atoms with Gasteiger partial charge in [0.15, 0.2) is 0 Å². The second-order valence-electron chi connectivity index (χ2n) is 6.03. The van der Waals surface area contributed by atoms with Gasteiger partial charge in [0, 0.05) is 5.92 Å². The van der Waals surface area contributed by atoms with E-state index < -0.39 is 0 Å². The quantitative estimate of drug-likeness (QED) is 0.625. The lowest BCUT2D eigenvalue weighted by atomic mass is 9.77. The summed E-state index contributed by atoms with van der Waals surface area (Å²) in [6, 6.07) is 1.03. The maximum Gasteiger partial charge on any atom is 0.0916 e. The molecule has 0 radical (unpaired) electrons. The summed E-state index contributed by atoms with van der Waals surface area (Å²) in [5.74, 6) is 1.08. The number of nitrogens with zero attached hydrogens (tertiary/aromatic N) is 1. The number of fused-ring (bicyclic) bond motifs is 1. The summed E-state index contributed by atoms with van der Waals surface area (Å²) in [6.07, 6.45) is 11.9. The Bertz CT molecular complexity index is 200. The molecule has 1 nitrogen and oxygen atoms in total. The molecule has 1 aliphatic carbocycles. The minimum absolute atomic E-state index is 1.03. The molecule has 0 amide bonds. The van der Waals surface area contributed by atoms with Crippen LogP contribution >= 0.6 is 0 Å². The first-order valence-corrected chi connectivity index (χ1v) is 7.10. The number of hydrogen-bond acceptors (Lipinski definition) is 0. The Morgan fingerprint density at radius 2 is 1.80 bits per heavy atom. The van der Waals surface area contributed by atoms with Gasteiger partial charge in [0.1, 0.15) is 0 Å². The summed E-state index contributed by atoms with van der Waals surface area (Å²) < 4.78 is 1.42. The van der Waals surface area contributed by atoms with Gasteiger partial charge in [-0.3, -0.25) is 0 Å². The zero-order chi connectivity index (χ0) is 10.7. The first-order chi connectivity index (χ1) is 7.26. The minimum atomic E-state index is 1.03. The Morgan fingerprint density at radius 1 is 1.07 bits per heavy atom. The standard InChI is InChI=1S/C14H28N/c1-3-4-11-15(2)12-7-9-13-8-5-6-10-14(13)15/h13-14H,3-12H2,1-2H3/q+1. The molecule has 2 rings (SSSR count). The molecule has 0 N–H and O–H groups in total. The van der Waals surface area contributed by atoms with Gasteiger partial charge in [0.05, 0.1) is 26.2 Å². The molecule has 0 bridgehead atoms. The van der Waals surface area contributed by atoms with Gasteiger partial charge in [-0.2, -0.15) is 0 Å². The van der Waals surface area contributed by atoms with E-state index in [-0.39, 0.29) is 0 Å². The Hall–Kier alpha value is -0.0400. The monoisotopic (exact) mass is 210 g/mol. The predicted molar refractivity (Wildman–Crippen MR) is 65.8 cm³/mol. The molecule has 0 aromatic carbocycles. The first-order valence-electron chi connectivity index (χ1n) is 7.10. The third kappa shape index (κ3) is 2.38. The van der Waals surface area contributed by atoms with E-state index >= 15 is 0 Å². The molecule has 88 valence electrons. The second-order valence-corrected chi connectivity index (χ2v) is 6.03. The number of unbranched alkanes of at least 4 members (excludes halogenated alkanes) is 1. The van der Waals surface area contributed by atoms with E-state index in [4.69, 9.17) is 0 Å². The molecular weight excluding hydrogens is 182 g/mol. The Morgan fingerprint density at radius 3 is 2.60 bits per heavy atom. The van der Waals surface area contributed by atoms with Gasteiger partial charge in [-0.1, -0.05) is 19.8 Å². The van der Waals surface area contributed by atoms with Crippen LogP contribution in [0.5, 0.6) is 0 Å². The third-order valence-electron chi connectivity index (χ3n) is 4.94. The molecular formula is C14H28N+. The molecule has 3 unspecified atom stereocenters. The van der Waals surface area contributed by atoms with Gasteiger partial charge in [-0.05, 0) is 38.5 Å². The topological polar surface area (TPSA) is 0 Å². The fourth-order valence-corrected chi connectivity index (χ4v) is 4.02. The molecule has 2 aliphatic rings. The molecule has 0 aromatic rings. The van der Waals surface area contributed by atoms with E-state index in [1.165, 1.54) is 68.9 Å². The van der Waals surface area contributed by atoms with Crippen LogP contribution in [0.2, 0.25) is 0 Å². The van der Waals surface area contributed by atoms with Crippen molar-refractivity contribution < 1.29 is 4.48 Å². The van der Waals surface area contributed by atoms with Crippen molar-refractivity contribution in [2.75, 3.05) is 20.1 Å². The Balaban J connectivity index is 2.01. The minimum Gasteiger partial charge on any atom is -0.323 e. The number of piperidine rings is 1. The van der Waals surface area contributed by atoms with E-state index in [1.807, 2.05) is 0 Å². The maximum absolute atomic E-state index is 2.54. The fourth-order valence-electron chi connectivity index (χ4n) is 4.02. The molecule has 1 heterocycles. The largest absolute Gasteiger partial charge is 0.323 e. The van der Waals surface area contributed by atoms with Crippen molar-refractivity contribution in [3.8, 4) is 0 Å². The zero-order valence-electron chi connectivity index (χ0n) is 10.7. The van der Waals surface area contributed by atoms with Crippen molar-refractivity contribution in [1.82, 2.24) is 0 Å². The van der Waals surface area contributed by atoms with E-state index in [1.54, 1.807) is 0 Å². The summed E-state index contributed by atoms with van der Waals surface area (Å²) in [5, 5.41) is 0. The summed E-state index contributed by atoms with van der Waals surface area (Å²) in [7, 11) is 2.54. The highest BCUT2D eigenvalue weighted by Gasteiger charge is 2.42. The fraction of sp³-hybridized carbons (Fsp3) is 1.00. The van der Waals surface area contributed by atoms with Crippen molar-refractivity contribution >= 4 is 0 Å². The van der Waals surface area contributed by atoms with E-state index in [2.05, 4.69) is 14.0 Å². The van der Waals surface area contributed by atoms with Crippen LogP contribution in [0.3, 0.4) is 0 Å². The Labute approximate surface area is 95.4 Å². The highest BCUT2D eigenvalue weighted by Crippen LogP contribution is 2.38. The van der Waals surface area contributed by atoms with Crippen LogP contribution in [0.25, 0.3) is 0 Å². The average Bonchev–Trinajstić information content (AvgIpc) is 2.27. The maximum atomic E-state index is 2.54. The van der Waals surface area contributed by atoms with E-state index in [0.29, 0.717) is 0 Å². The molecule has 3 atom stereocenters. The summed E-state index contributed by atoms with van der Waals surface area (Å²) in [5.41, 5.74) is 0. The lowest BCUT2D eigenvalue weighted by Crippen LogP contribution is -2.59. The number of rotatable bonds is 3. The van der Waals surface area contributed by atoms with Gasteiger partial charge in [0.25, 0.3) is 0 Å². The van der Waals surface area contributed by atoms with Crippen molar-refractivity contribution in [2.24, 2.45) is 5.92 Å². The lowest BCUT2D eigenvalue weighted by Gasteiger charge is -2.50. The first kappa shape index (κ1) is 11.4. The lowest BCUT2D eigenvalue weighted by molar-refractivity contribution is -0.943. The van der Waals surface area contributed by atoms with Gasteiger partial charge in [-0.15, -0.1) is 0 Å². The second kappa shape index (κ2) is 4.86. The molecule has 2 fully saturated rings. The van der Waals surface area contributed by atoms with Gasteiger partial charge in [0.2, 0.25) is 0 Å². The van der Waals surface area contributed by atoms with E-state index in [0.717, 1.165) is 12.0 Å². The van der Waals surface area contributed by atoms with Gasteiger partial charge < -0.3 is 4.48 Å². The van der Waals surface area contributed by atoms with Gasteiger partial charge in [-0.25, -0.2) is 0 Å². The van der Waals surface area contributed by atoms with Crippen molar-refractivity contribution in [3.63, 3.8) is 0 Å². The van der Waals surface area contributed by atoms with Crippen LogP contribution in [-0.2, 0) is 0 Å². The van der Waals surface area contributed by atoms with Crippen LogP contribution in [0.4, 0.5) is 0 Å². The molecule has 0 aromatic heterocycles. The van der Waals surface area contributed by atoms with Crippen LogP contribution < -0.4 is 0 Å². The highest BCUT2D eigenvalue weighted by atomic mass is 15.4. The SMILES string of the molecule is CCCC[N+]1(C)CCCC2CCCCC21. The number of quaternary nitrogens is 1. The molecule has 0 spiro atoms. The summed E-state index contributed by atoms with van der Waals surface area (Å²) in [4.78, 5) is 0. The third-order valence-corrected chi connectivity index (χ3v) is 4.94. The molecule has 1 saturated carbocycles. The predicted octanol–water partition coefficient (Wildman–Crippen LogP) is 3.59. The van der Waals surface area contributed by atoms with E-state index in [9.17, 15) is 0 Å². The van der Waals surface area contributed by atoms with Crippen LogP contribution in [0.15, 0.2) is 0 Å². The average molecular weight is 210 g/mol. The van der Waals surface area contributed by atoms with Crippen molar-refractivity contribution in [3.05, 3.63) is 0 Å². The zero-order valence-corrected chi connectivity index (χ0v) is 10.7. The Kier molecular flexibility index (Phi) is 3.71. The molecule has 1 saturated heterocycles. The molecule has 1 aliphatic heterocycles. The molecule has 15 heavy (non-hydrogen) atoms. The normalized spacial score (nSPS) is 41.2. The molecule has 1 heteroatoms. The van der Waals surface area contributed by atoms with Crippen LogP contribution in [0, 0.1) is 5.92 Å². The smallest absolute Gasteiger partial charge is 0.0916 e. The van der Waals surface area contributed by atoms with Gasteiger partial charge >= 0.3 is 0 Å². The highest BCUT2D eigenvalue weighted by molar-refractivity contribution is 4.80. The van der Waals surface area contributed by atoms with Crippen LogP contribution in [-0.4, -0.2) is 30.7 Å². The number of likely N-dealkylation sites (tertiary alicyclic amines) is 1. The van der Waals surface area contributed by atoms with Crippen LogP contribution in [0.1, 0.15) is 58.3 Å². The summed E-state index contributed by atoms with van der Waals surface area (Å²) >= 11 is 0.